The molecule has 0 bridgehead atoms. The summed E-state index contributed by atoms with van der Waals surface area (Å²) in [6, 6.07) is 6.14. The van der Waals surface area contributed by atoms with E-state index in [-0.39, 0.29) is 29.7 Å². The molecule has 0 saturated heterocycles. The van der Waals surface area contributed by atoms with Crippen LogP contribution in [0.5, 0.6) is 5.75 Å². The fourth-order valence-electron chi connectivity index (χ4n) is 2.23. The van der Waals surface area contributed by atoms with Crippen LogP contribution in [0.1, 0.15) is 37.3 Å². The first kappa shape index (κ1) is 25.0. The minimum atomic E-state index is -2.99. The van der Waals surface area contributed by atoms with Gasteiger partial charge in [0, 0.05) is 32.0 Å². The predicted molar refractivity (Wildman–Crippen MR) is 120 cm³/mol. The molecule has 1 aromatic rings. The maximum Gasteiger partial charge on any atom is 0.191 e. The summed E-state index contributed by atoms with van der Waals surface area (Å²) in [5.74, 6) is 1.53. The van der Waals surface area contributed by atoms with Crippen molar-refractivity contribution in [1.82, 2.24) is 10.6 Å². The van der Waals surface area contributed by atoms with Crippen molar-refractivity contribution in [2.75, 3.05) is 32.2 Å². The van der Waals surface area contributed by atoms with Crippen LogP contribution in [0, 0.1) is 6.92 Å². The Morgan fingerprint density at radius 2 is 1.96 bits per heavy atom. The van der Waals surface area contributed by atoms with Crippen molar-refractivity contribution in [3.8, 4) is 5.75 Å². The molecule has 0 aromatic heterocycles. The molecule has 0 aliphatic heterocycles. The lowest BCUT2D eigenvalue weighted by Crippen LogP contribution is -2.39. The van der Waals surface area contributed by atoms with Crippen LogP contribution in [0.15, 0.2) is 23.2 Å². The molecule has 0 unspecified atom stereocenters. The van der Waals surface area contributed by atoms with Crippen LogP contribution in [-0.2, 0) is 16.4 Å². The number of nitrogens with one attached hydrogen (secondary N) is 2. The molecule has 2 N–H and O–H groups in total. The largest absolute Gasteiger partial charge is 0.493 e. The molecular weight excluding hydrogens is 465 g/mol. The summed E-state index contributed by atoms with van der Waals surface area (Å²) in [5, 5.41) is 6.20. The van der Waals surface area contributed by atoms with Crippen LogP contribution in [0.3, 0.4) is 0 Å². The maximum absolute atomic E-state index is 11.2. The molecule has 0 aliphatic rings. The Morgan fingerprint density at radius 1 is 1.23 bits per heavy atom. The van der Waals surface area contributed by atoms with E-state index in [1.807, 2.05) is 19.1 Å². The summed E-state index contributed by atoms with van der Waals surface area (Å²) < 4.78 is 28.3. The van der Waals surface area contributed by atoms with Gasteiger partial charge in [-0.2, -0.15) is 0 Å². The Morgan fingerprint density at radius 3 is 2.58 bits per heavy atom. The Kier molecular flexibility index (Phi) is 12.7. The third kappa shape index (κ3) is 10.8. The molecule has 0 radical (unpaired) electrons. The van der Waals surface area contributed by atoms with Gasteiger partial charge in [-0.25, -0.2) is 8.42 Å². The van der Waals surface area contributed by atoms with Crippen molar-refractivity contribution >= 4 is 39.8 Å². The number of sulfone groups is 1. The highest BCUT2D eigenvalue weighted by atomic mass is 127. The molecule has 0 fully saturated rings. The summed E-state index contributed by atoms with van der Waals surface area (Å²) in [6.45, 7) is 5.81. The first-order chi connectivity index (χ1) is 11.9. The van der Waals surface area contributed by atoms with Gasteiger partial charge in [0.25, 0.3) is 0 Å². The number of aliphatic imine (C=N–C) groups is 1. The van der Waals surface area contributed by atoms with E-state index in [2.05, 4.69) is 28.6 Å². The van der Waals surface area contributed by atoms with E-state index in [1.54, 1.807) is 7.05 Å². The lowest BCUT2D eigenvalue weighted by atomic mass is 10.1. The van der Waals surface area contributed by atoms with Crippen molar-refractivity contribution in [3.05, 3.63) is 29.3 Å². The standard InChI is InChI=1S/C18H31N3O3S.HI/c1-5-6-7-11-24-17-13-15(2)8-9-16(17)14-21-18(19-3)20-10-12-25(4,22)23;/h8-9,13H,5-7,10-12,14H2,1-4H3,(H2,19,20,21);1H. The average molecular weight is 497 g/mol. The summed E-state index contributed by atoms with van der Waals surface area (Å²) in [6.07, 6.45) is 4.60. The molecule has 0 aliphatic carbocycles. The number of halogens is 1. The Hall–Kier alpha value is -1.03. The highest BCUT2D eigenvalue weighted by Crippen LogP contribution is 2.20. The second kappa shape index (κ2) is 13.2. The van der Waals surface area contributed by atoms with E-state index in [0.717, 1.165) is 29.7 Å². The monoisotopic (exact) mass is 497 g/mol. The molecule has 0 saturated carbocycles. The van der Waals surface area contributed by atoms with Crippen molar-refractivity contribution in [2.24, 2.45) is 4.99 Å². The van der Waals surface area contributed by atoms with Gasteiger partial charge in [-0.1, -0.05) is 31.9 Å². The Bertz CT molecular complexity index is 664. The molecular formula is C18H32IN3O3S. The molecule has 26 heavy (non-hydrogen) atoms. The first-order valence-electron chi connectivity index (χ1n) is 8.70. The zero-order valence-electron chi connectivity index (χ0n) is 16.2. The Labute approximate surface area is 175 Å². The lowest BCUT2D eigenvalue weighted by molar-refractivity contribution is 0.303. The number of benzene rings is 1. The van der Waals surface area contributed by atoms with Crippen LogP contribution in [0.2, 0.25) is 0 Å². The Balaban J connectivity index is 0.00000625. The SMILES string of the molecule is CCCCCOc1cc(C)ccc1CNC(=NC)NCCS(C)(=O)=O.I. The number of hydrogen-bond acceptors (Lipinski definition) is 4. The maximum atomic E-state index is 11.2. The normalized spacial score (nSPS) is 11.6. The number of nitrogens with zero attached hydrogens (tertiary/aromatic N) is 1. The minimum absolute atomic E-state index is 0. The molecule has 150 valence electrons. The zero-order chi connectivity index (χ0) is 18.7. The van der Waals surface area contributed by atoms with E-state index in [9.17, 15) is 8.42 Å². The second-order valence-corrected chi connectivity index (χ2v) is 8.41. The molecule has 1 aromatic carbocycles. The molecule has 1 rings (SSSR count). The molecule has 0 amide bonds. The topological polar surface area (TPSA) is 79.8 Å². The molecule has 8 heteroatoms. The van der Waals surface area contributed by atoms with Gasteiger partial charge in [-0.15, -0.1) is 24.0 Å². The summed E-state index contributed by atoms with van der Waals surface area (Å²) >= 11 is 0. The van der Waals surface area contributed by atoms with Crippen molar-refractivity contribution in [1.29, 1.82) is 0 Å². The zero-order valence-corrected chi connectivity index (χ0v) is 19.3. The number of rotatable bonds is 10. The van der Waals surface area contributed by atoms with Gasteiger partial charge in [-0.3, -0.25) is 4.99 Å². The van der Waals surface area contributed by atoms with Gasteiger partial charge in [0.1, 0.15) is 15.6 Å². The number of ether oxygens (including phenoxy) is 1. The van der Waals surface area contributed by atoms with Crippen molar-refractivity contribution in [2.45, 2.75) is 39.7 Å². The van der Waals surface area contributed by atoms with Gasteiger partial charge >= 0.3 is 0 Å². The van der Waals surface area contributed by atoms with Crippen molar-refractivity contribution in [3.63, 3.8) is 0 Å². The minimum Gasteiger partial charge on any atom is -0.493 e. The molecule has 0 heterocycles. The van der Waals surface area contributed by atoms with E-state index in [4.69, 9.17) is 4.74 Å². The number of unbranched alkanes of at least 4 members (excludes halogenated alkanes) is 2. The quantitative estimate of drug-likeness (QED) is 0.225. The van der Waals surface area contributed by atoms with Crippen LogP contribution >= 0.6 is 24.0 Å². The van der Waals surface area contributed by atoms with Gasteiger partial charge in [0.05, 0.1) is 12.4 Å². The number of aryl methyl sites for hydroxylation is 1. The highest BCUT2D eigenvalue weighted by Gasteiger charge is 2.07. The predicted octanol–water partition coefficient (Wildman–Crippen LogP) is 2.89. The smallest absolute Gasteiger partial charge is 0.191 e. The van der Waals surface area contributed by atoms with Crippen molar-refractivity contribution < 1.29 is 13.2 Å². The van der Waals surface area contributed by atoms with Crippen LogP contribution in [-0.4, -0.2) is 46.6 Å². The van der Waals surface area contributed by atoms with Crippen LogP contribution in [0.4, 0.5) is 0 Å². The molecule has 0 spiro atoms. The van der Waals surface area contributed by atoms with E-state index in [1.165, 1.54) is 12.7 Å². The number of hydrogen-bond donors (Lipinski definition) is 2. The fourth-order valence-corrected chi connectivity index (χ4v) is 2.70. The third-order valence-electron chi connectivity index (χ3n) is 3.66. The average Bonchev–Trinajstić information content (AvgIpc) is 2.55. The van der Waals surface area contributed by atoms with E-state index in [0.29, 0.717) is 25.7 Å². The first-order valence-corrected chi connectivity index (χ1v) is 10.8. The van der Waals surface area contributed by atoms with E-state index >= 15 is 0 Å². The van der Waals surface area contributed by atoms with Gasteiger partial charge in [0.15, 0.2) is 5.96 Å². The molecule has 0 atom stereocenters. The summed E-state index contributed by atoms with van der Waals surface area (Å²) in [7, 11) is -1.33. The van der Waals surface area contributed by atoms with E-state index < -0.39 is 9.84 Å². The van der Waals surface area contributed by atoms with Gasteiger partial charge in [-0.05, 0) is 25.0 Å². The van der Waals surface area contributed by atoms with Gasteiger partial charge < -0.3 is 15.4 Å². The number of guanidine groups is 1. The van der Waals surface area contributed by atoms with Crippen LogP contribution in [0.25, 0.3) is 0 Å². The molecule has 6 nitrogen and oxygen atoms in total. The fraction of sp³-hybridized carbons (Fsp3) is 0.611. The summed E-state index contributed by atoms with van der Waals surface area (Å²) in [5.41, 5.74) is 2.21. The lowest BCUT2D eigenvalue weighted by Gasteiger charge is -2.15. The third-order valence-corrected chi connectivity index (χ3v) is 4.61. The summed E-state index contributed by atoms with van der Waals surface area (Å²) in [4.78, 5) is 4.12. The second-order valence-electron chi connectivity index (χ2n) is 6.15. The van der Waals surface area contributed by atoms with Crippen LogP contribution < -0.4 is 15.4 Å². The van der Waals surface area contributed by atoms with Gasteiger partial charge in [0.2, 0.25) is 0 Å². The highest BCUT2D eigenvalue weighted by molar-refractivity contribution is 14.0.